The molecule has 1 atom stereocenters. The predicted molar refractivity (Wildman–Crippen MR) is 200 cm³/mol. The molecule has 0 bridgehead atoms. The van der Waals surface area contributed by atoms with Crippen LogP contribution in [0.15, 0.2) is 150 Å². The molecule has 276 valence electrons. The molecule has 6 rings (SSSR count). The summed E-state index contributed by atoms with van der Waals surface area (Å²) in [4.78, 5) is 17.3. The third kappa shape index (κ3) is 9.85. The Morgan fingerprint density at radius 1 is 0.698 bits per heavy atom. The molecule has 11 heteroatoms. The molecule has 1 fully saturated rings. The van der Waals surface area contributed by atoms with Gasteiger partial charge >= 0.3 is 12.3 Å². The van der Waals surface area contributed by atoms with E-state index in [0.717, 1.165) is 41.0 Å². The Labute approximate surface area is 309 Å². The second-order valence-corrected chi connectivity index (χ2v) is 15.0. The van der Waals surface area contributed by atoms with Gasteiger partial charge in [0.2, 0.25) is 0 Å². The van der Waals surface area contributed by atoms with Gasteiger partial charge < -0.3 is 9.64 Å². The number of anilines is 1. The van der Waals surface area contributed by atoms with Crippen LogP contribution in [0, 0.1) is 0 Å². The van der Waals surface area contributed by atoms with Crippen molar-refractivity contribution in [3.63, 3.8) is 0 Å². The normalized spacial score (nSPS) is 14.5. The van der Waals surface area contributed by atoms with E-state index in [4.69, 9.17) is 4.74 Å². The van der Waals surface area contributed by atoms with Crippen molar-refractivity contribution >= 4 is 21.8 Å². The predicted octanol–water partition coefficient (Wildman–Crippen LogP) is 8.82. The van der Waals surface area contributed by atoms with Crippen LogP contribution in [0.3, 0.4) is 0 Å². The topological polar surface area (TPSA) is 70.2 Å². The number of rotatable bonds is 13. The molecule has 1 aliphatic rings. The fraction of sp³-hybridized carbons (Fsp3) is 0.262. The number of alkyl halides is 3. The number of likely N-dealkylation sites (tertiary alicyclic amines) is 1. The van der Waals surface area contributed by atoms with Gasteiger partial charge in [-0.2, -0.15) is 13.2 Å². The summed E-state index contributed by atoms with van der Waals surface area (Å²) < 4.78 is 75.0. The molecule has 1 saturated heterocycles. The zero-order valence-electron chi connectivity index (χ0n) is 29.2. The van der Waals surface area contributed by atoms with Gasteiger partial charge in [-0.1, -0.05) is 109 Å². The molecule has 5 aromatic carbocycles. The van der Waals surface area contributed by atoms with Crippen molar-refractivity contribution < 1.29 is 31.1 Å². The van der Waals surface area contributed by atoms with Gasteiger partial charge in [0.05, 0.1) is 16.1 Å². The Morgan fingerprint density at radius 3 is 1.66 bits per heavy atom. The number of hydrogen-bond acceptors (Lipinski definition) is 5. The van der Waals surface area contributed by atoms with E-state index in [2.05, 4.69) is 41.3 Å². The van der Waals surface area contributed by atoms with Gasteiger partial charge in [0.15, 0.2) is 0 Å². The first-order chi connectivity index (χ1) is 25.6. The van der Waals surface area contributed by atoms with Gasteiger partial charge in [0.1, 0.15) is 6.61 Å². The highest BCUT2D eigenvalue weighted by Crippen LogP contribution is 2.33. The summed E-state index contributed by atoms with van der Waals surface area (Å²) in [5.74, 6) is 0. The molecule has 0 spiro atoms. The molecule has 1 aliphatic heterocycles. The summed E-state index contributed by atoms with van der Waals surface area (Å²) in [6.07, 6.45) is -3.79. The lowest BCUT2D eigenvalue weighted by Crippen LogP contribution is -2.49. The Kier molecular flexibility index (Phi) is 12.2. The fourth-order valence-corrected chi connectivity index (χ4v) is 8.43. The second-order valence-electron chi connectivity index (χ2n) is 13.2. The number of halogens is 3. The van der Waals surface area contributed by atoms with Crippen LogP contribution in [0.2, 0.25) is 0 Å². The zero-order chi connectivity index (χ0) is 37.3. The van der Waals surface area contributed by atoms with Crippen LogP contribution in [0.25, 0.3) is 0 Å². The molecular weight excluding hydrogens is 700 g/mol. The highest BCUT2D eigenvalue weighted by molar-refractivity contribution is 7.92. The molecule has 5 aromatic rings. The van der Waals surface area contributed by atoms with E-state index in [1.54, 1.807) is 35.2 Å². The van der Waals surface area contributed by atoms with E-state index in [1.165, 1.54) is 4.31 Å². The molecule has 1 heterocycles. The minimum atomic E-state index is -4.59. The smallest absolute Gasteiger partial charge is 0.416 e. The first-order valence-corrected chi connectivity index (χ1v) is 19.1. The van der Waals surface area contributed by atoms with Crippen LogP contribution >= 0.6 is 0 Å². The standard InChI is InChI=1S/C42H42F3N3O4S/c43-42(44,45)36-21-23-40(24-22-36)53(50,51)48(37-19-11-4-12-20-37)38-25-27-46(28-26-38)41(49)52-32-39(29-33-13-5-1-6-14-33)47(30-34-15-7-2-8-16-34)31-35-17-9-3-10-18-35/h1-24,38-39H,25-32H2/t39-/m1/s1. The van der Waals surface area contributed by atoms with Crippen molar-refractivity contribution in [1.29, 1.82) is 0 Å². The van der Waals surface area contributed by atoms with Gasteiger partial charge in [0, 0.05) is 38.3 Å². The van der Waals surface area contributed by atoms with E-state index >= 15 is 0 Å². The van der Waals surface area contributed by atoms with E-state index in [0.29, 0.717) is 38.0 Å². The SMILES string of the molecule is O=C(OC[C@@H](Cc1ccccc1)N(Cc1ccccc1)Cc1ccccc1)N1CCC(N(c2ccccc2)S(=O)(=O)c2ccc(C(F)(F)F)cc2)CC1. The Bertz CT molecular complexity index is 1950. The first-order valence-electron chi connectivity index (χ1n) is 17.6. The van der Waals surface area contributed by atoms with Crippen molar-refractivity contribution in [2.75, 3.05) is 24.0 Å². The van der Waals surface area contributed by atoms with Crippen molar-refractivity contribution in [2.24, 2.45) is 0 Å². The molecule has 0 N–H and O–H groups in total. The Balaban J connectivity index is 1.17. The van der Waals surface area contributed by atoms with E-state index < -0.39 is 33.9 Å². The maximum atomic E-state index is 14.0. The Hall–Kier alpha value is -5.13. The number of nitrogens with zero attached hydrogens (tertiary/aromatic N) is 3. The maximum absolute atomic E-state index is 14.0. The second kappa shape index (κ2) is 17.1. The number of carbonyl (C=O) groups excluding carboxylic acids is 1. The summed E-state index contributed by atoms with van der Waals surface area (Å²) >= 11 is 0. The van der Waals surface area contributed by atoms with Gasteiger partial charge in [-0.05, 0) is 72.4 Å². The largest absolute Gasteiger partial charge is 0.448 e. The first kappa shape index (κ1) is 37.6. The van der Waals surface area contributed by atoms with Crippen LogP contribution in [-0.4, -0.2) is 56.1 Å². The number of para-hydroxylation sites is 1. The lowest BCUT2D eigenvalue weighted by atomic mass is 10.0. The lowest BCUT2D eigenvalue weighted by molar-refractivity contribution is -0.137. The quantitative estimate of drug-likeness (QED) is 0.121. The number of hydrogen-bond donors (Lipinski definition) is 0. The number of benzene rings is 5. The molecular formula is C42H42F3N3O4S. The molecule has 53 heavy (non-hydrogen) atoms. The van der Waals surface area contributed by atoms with Crippen LogP contribution in [0.1, 0.15) is 35.1 Å². The summed E-state index contributed by atoms with van der Waals surface area (Å²) in [5, 5.41) is 0. The van der Waals surface area contributed by atoms with Crippen LogP contribution < -0.4 is 4.31 Å². The number of amides is 1. The average Bonchev–Trinajstić information content (AvgIpc) is 3.18. The lowest BCUT2D eigenvalue weighted by Gasteiger charge is -2.39. The van der Waals surface area contributed by atoms with Crippen LogP contribution in [0.4, 0.5) is 23.7 Å². The summed E-state index contributed by atoms with van der Waals surface area (Å²) in [6.45, 7) is 1.94. The number of sulfonamides is 1. The van der Waals surface area contributed by atoms with Crippen molar-refractivity contribution in [2.45, 2.75) is 55.5 Å². The van der Waals surface area contributed by atoms with Crippen molar-refractivity contribution in [3.8, 4) is 0 Å². The fourth-order valence-electron chi connectivity index (χ4n) is 6.72. The number of carbonyl (C=O) groups is 1. The summed E-state index contributed by atoms with van der Waals surface area (Å²) in [7, 11) is -4.24. The van der Waals surface area contributed by atoms with Crippen molar-refractivity contribution in [3.05, 3.63) is 168 Å². The molecule has 0 radical (unpaired) electrons. The van der Waals surface area contributed by atoms with Gasteiger partial charge in [-0.25, -0.2) is 13.2 Å². The monoisotopic (exact) mass is 741 g/mol. The van der Waals surface area contributed by atoms with Crippen LogP contribution in [0.5, 0.6) is 0 Å². The zero-order valence-corrected chi connectivity index (χ0v) is 30.0. The molecule has 1 amide bonds. The summed E-state index contributed by atoms with van der Waals surface area (Å²) in [5.41, 5.74) is 2.88. The third-order valence-electron chi connectivity index (χ3n) is 9.49. The molecule has 0 saturated carbocycles. The van der Waals surface area contributed by atoms with Crippen LogP contribution in [-0.2, 0) is 40.4 Å². The minimum absolute atomic E-state index is 0.145. The molecule has 0 unspecified atom stereocenters. The third-order valence-corrected chi connectivity index (χ3v) is 11.4. The average molecular weight is 742 g/mol. The van der Waals surface area contributed by atoms with E-state index in [1.807, 2.05) is 54.6 Å². The molecule has 7 nitrogen and oxygen atoms in total. The highest BCUT2D eigenvalue weighted by Gasteiger charge is 2.37. The number of piperidine rings is 1. The van der Waals surface area contributed by atoms with Gasteiger partial charge in [-0.15, -0.1) is 0 Å². The van der Waals surface area contributed by atoms with Crippen molar-refractivity contribution in [1.82, 2.24) is 9.80 Å². The molecule has 0 aromatic heterocycles. The van der Waals surface area contributed by atoms with E-state index in [-0.39, 0.29) is 30.6 Å². The Morgan fingerprint density at radius 2 is 1.17 bits per heavy atom. The van der Waals surface area contributed by atoms with Gasteiger partial charge in [-0.3, -0.25) is 9.21 Å². The summed E-state index contributed by atoms with van der Waals surface area (Å²) in [6, 6.07) is 41.8. The number of ether oxygens (including phenoxy) is 1. The molecule has 0 aliphatic carbocycles. The minimum Gasteiger partial charge on any atom is -0.448 e. The maximum Gasteiger partial charge on any atom is 0.416 e. The van der Waals surface area contributed by atoms with E-state index in [9.17, 15) is 26.4 Å². The highest BCUT2D eigenvalue weighted by atomic mass is 32.2. The van der Waals surface area contributed by atoms with Gasteiger partial charge in [0.25, 0.3) is 10.0 Å².